The van der Waals surface area contributed by atoms with Gasteiger partial charge < -0.3 is 9.80 Å². The number of halogens is 1. The van der Waals surface area contributed by atoms with Crippen LogP contribution in [0.25, 0.3) is 11.3 Å². The molecule has 2 amide bonds. The first kappa shape index (κ1) is 20.0. The van der Waals surface area contributed by atoms with Crippen LogP contribution in [0.2, 0.25) is 0 Å². The van der Waals surface area contributed by atoms with Gasteiger partial charge in [-0.1, -0.05) is 0 Å². The molecular formula is C21H27FN4O2. The molecule has 1 aliphatic heterocycles. The lowest BCUT2D eigenvalue weighted by molar-refractivity contribution is 0.131. The summed E-state index contributed by atoms with van der Waals surface area (Å²) < 4.78 is 14.6. The first-order valence-corrected chi connectivity index (χ1v) is 9.89. The second kappa shape index (κ2) is 8.99. The van der Waals surface area contributed by atoms with Crippen molar-refractivity contribution in [3.63, 3.8) is 0 Å². The molecule has 150 valence electrons. The van der Waals surface area contributed by atoms with Crippen LogP contribution < -0.4 is 5.56 Å². The minimum Gasteiger partial charge on any atom is -0.325 e. The highest BCUT2D eigenvalue weighted by Crippen LogP contribution is 2.20. The van der Waals surface area contributed by atoms with E-state index in [0.717, 1.165) is 18.4 Å². The fourth-order valence-electron chi connectivity index (χ4n) is 3.60. The molecule has 1 saturated heterocycles. The number of carbonyl (C=O) groups is 1. The zero-order valence-corrected chi connectivity index (χ0v) is 16.5. The van der Waals surface area contributed by atoms with Crippen LogP contribution in [0.5, 0.6) is 0 Å². The molecule has 0 spiro atoms. The Morgan fingerprint density at radius 1 is 1.11 bits per heavy atom. The van der Waals surface area contributed by atoms with Gasteiger partial charge in [-0.15, -0.1) is 0 Å². The number of carbonyl (C=O) groups excluding carboxylic acids is 1. The molecule has 0 saturated carbocycles. The lowest BCUT2D eigenvalue weighted by Crippen LogP contribution is -2.47. The summed E-state index contributed by atoms with van der Waals surface area (Å²) in [6.45, 7) is 7.33. The van der Waals surface area contributed by atoms with Crippen molar-refractivity contribution < 1.29 is 9.18 Å². The van der Waals surface area contributed by atoms with Crippen LogP contribution in [0.15, 0.2) is 41.2 Å². The molecular weight excluding hydrogens is 359 g/mol. The van der Waals surface area contributed by atoms with Crippen LogP contribution in [0.1, 0.15) is 26.7 Å². The van der Waals surface area contributed by atoms with E-state index in [-0.39, 0.29) is 17.4 Å². The summed E-state index contributed by atoms with van der Waals surface area (Å²) in [6.07, 6.45) is 1.70. The van der Waals surface area contributed by atoms with Crippen molar-refractivity contribution in [3.8, 4) is 11.3 Å². The van der Waals surface area contributed by atoms with Crippen LogP contribution in [0, 0.1) is 11.7 Å². The Hall–Kier alpha value is -2.70. The number of nitrogens with zero attached hydrogens (tertiary/aromatic N) is 4. The zero-order valence-electron chi connectivity index (χ0n) is 16.5. The van der Waals surface area contributed by atoms with Crippen LogP contribution in [0.3, 0.4) is 0 Å². The van der Waals surface area contributed by atoms with Crippen LogP contribution >= 0.6 is 0 Å². The van der Waals surface area contributed by atoms with Gasteiger partial charge in [0.2, 0.25) is 0 Å². The van der Waals surface area contributed by atoms with Crippen molar-refractivity contribution in [1.29, 1.82) is 0 Å². The van der Waals surface area contributed by atoms with Crippen molar-refractivity contribution in [2.75, 3.05) is 26.2 Å². The van der Waals surface area contributed by atoms with Crippen molar-refractivity contribution in [2.45, 2.75) is 33.2 Å². The van der Waals surface area contributed by atoms with Crippen LogP contribution in [-0.2, 0) is 6.54 Å². The molecule has 1 fully saturated rings. The Morgan fingerprint density at radius 2 is 1.75 bits per heavy atom. The van der Waals surface area contributed by atoms with Gasteiger partial charge in [-0.25, -0.2) is 13.9 Å². The predicted molar refractivity (Wildman–Crippen MR) is 107 cm³/mol. The summed E-state index contributed by atoms with van der Waals surface area (Å²) in [7, 11) is 0. The zero-order chi connectivity index (χ0) is 20.1. The molecule has 7 heteroatoms. The summed E-state index contributed by atoms with van der Waals surface area (Å²) >= 11 is 0. The number of benzene rings is 1. The number of amides is 2. The van der Waals surface area contributed by atoms with E-state index in [1.54, 1.807) is 18.2 Å². The lowest BCUT2D eigenvalue weighted by Gasteiger charge is -2.35. The molecule has 2 heterocycles. The van der Waals surface area contributed by atoms with Gasteiger partial charge in [0.15, 0.2) is 0 Å². The quantitative estimate of drug-likeness (QED) is 0.793. The number of hydrogen-bond donors (Lipinski definition) is 0. The summed E-state index contributed by atoms with van der Waals surface area (Å²) in [5.41, 5.74) is 1.27. The number of urea groups is 1. The van der Waals surface area contributed by atoms with Gasteiger partial charge in [0.1, 0.15) is 5.82 Å². The third-order valence-electron chi connectivity index (χ3n) is 5.36. The molecule has 0 N–H and O–H groups in total. The fourth-order valence-corrected chi connectivity index (χ4v) is 3.60. The Labute approximate surface area is 164 Å². The fraction of sp³-hybridized carbons (Fsp3) is 0.476. The van der Waals surface area contributed by atoms with E-state index < -0.39 is 0 Å². The summed E-state index contributed by atoms with van der Waals surface area (Å²) in [5.74, 6) is -0.00230. The minimum atomic E-state index is -0.303. The number of hydrogen-bond acceptors (Lipinski definition) is 3. The molecule has 0 atom stereocenters. The van der Waals surface area contributed by atoms with E-state index in [1.807, 2.05) is 23.6 Å². The van der Waals surface area contributed by atoms with Crippen molar-refractivity contribution in [3.05, 3.63) is 52.6 Å². The monoisotopic (exact) mass is 386 g/mol. The highest BCUT2D eigenvalue weighted by molar-refractivity contribution is 5.74. The second-order valence-electron chi connectivity index (χ2n) is 7.13. The molecule has 28 heavy (non-hydrogen) atoms. The van der Waals surface area contributed by atoms with Gasteiger partial charge in [0.25, 0.3) is 5.56 Å². The van der Waals surface area contributed by atoms with Gasteiger partial charge in [0, 0.05) is 44.4 Å². The summed E-state index contributed by atoms with van der Waals surface area (Å²) in [5, 5.41) is 4.47. The van der Waals surface area contributed by atoms with E-state index in [2.05, 4.69) is 5.10 Å². The standard InChI is InChI=1S/C21H27FN4O2/c1-3-24(4-2)21(28)25-13-11-16(12-14-25)15-26-20(27)10-9-19(23-26)17-5-7-18(22)8-6-17/h5-10,16H,3-4,11-15H2,1-2H3. The molecule has 0 bridgehead atoms. The summed E-state index contributed by atoms with van der Waals surface area (Å²) in [4.78, 5) is 28.4. The second-order valence-corrected chi connectivity index (χ2v) is 7.13. The van der Waals surface area contributed by atoms with E-state index in [1.165, 1.54) is 22.9 Å². The number of rotatable bonds is 5. The van der Waals surface area contributed by atoms with Gasteiger partial charge in [0.05, 0.1) is 5.69 Å². The number of likely N-dealkylation sites (tertiary alicyclic amines) is 1. The molecule has 1 aromatic carbocycles. The first-order valence-electron chi connectivity index (χ1n) is 9.89. The number of piperidine rings is 1. The van der Waals surface area contributed by atoms with Gasteiger partial charge in [-0.05, 0) is 62.9 Å². The van der Waals surface area contributed by atoms with E-state index in [0.29, 0.717) is 44.3 Å². The predicted octanol–water partition coefficient (Wildman–Crippen LogP) is 3.22. The summed E-state index contributed by atoms with van der Waals surface area (Å²) in [6, 6.07) is 9.34. The minimum absolute atomic E-state index is 0.0945. The Kier molecular flexibility index (Phi) is 6.44. The highest BCUT2D eigenvalue weighted by Gasteiger charge is 2.25. The Bertz CT molecular complexity index is 853. The molecule has 2 aromatic rings. The average Bonchev–Trinajstić information content (AvgIpc) is 2.71. The maximum atomic E-state index is 13.1. The molecule has 3 rings (SSSR count). The largest absolute Gasteiger partial charge is 0.325 e. The normalized spacial score (nSPS) is 14.9. The SMILES string of the molecule is CCN(CC)C(=O)N1CCC(Cn2nc(-c3ccc(F)cc3)ccc2=O)CC1. The first-order chi connectivity index (χ1) is 13.5. The molecule has 0 unspecified atom stereocenters. The third-order valence-corrected chi connectivity index (χ3v) is 5.36. The molecule has 0 aliphatic carbocycles. The van der Waals surface area contributed by atoms with Gasteiger partial charge in [-0.2, -0.15) is 5.10 Å². The van der Waals surface area contributed by atoms with Crippen LogP contribution in [0.4, 0.5) is 9.18 Å². The maximum absolute atomic E-state index is 13.1. The lowest BCUT2D eigenvalue weighted by atomic mass is 9.97. The smallest absolute Gasteiger partial charge is 0.319 e. The number of aromatic nitrogens is 2. The maximum Gasteiger partial charge on any atom is 0.319 e. The molecule has 0 radical (unpaired) electrons. The van der Waals surface area contributed by atoms with Crippen LogP contribution in [-0.4, -0.2) is 51.8 Å². The van der Waals surface area contributed by atoms with E-state index in [4.69, 9.17) is 0 Å². The topological polar surface area (TPSA) is 58.4 Å². The molecule has 6 nitrogen and oxygen atoms in total. The average molecular weight is 386 g/mol. The third kappa shape index (κ3) is 4.58. The van der Waals surface area contributed by atoms with Gasteiger partial charge in [-0.3, -0.25) is 4.79 Å². The Morgan fingerprint density at radius 3 is 2.36 bits per heavy atom. The molecule has 1 aliphatic rings. The van der Waals surface area contributed by atoms with E-state index in [9.17, 15) is 14.0 Å². The van der Waals surface area contributed by atoms with Gasteiger partial charge >= 0.3 is 6.03 Å². The highest BCUT2D eigenvalue weighted by atomic mass is 19.1. The van der Waals surface area contributed by atoms with Crippen molar-refractivity contribution in [2.24, 2.45) is 5.92 Å². The van der Waals surface area contributed by atoms with Crippen molar-refractivity contribution in [1.82, 2.24) is 19.6 Å². The Balaban J connectivity index is 1.65. The molecule has 1 aromatic heterocycles. The van der Waals surface area contributed by atoms with Crippen molar-refractivity contribution >= 4 is 6.03 Å². The van der Waals surface area contributed by atoms with E-state index >= 15 is 0 Å².